The van der Waals surface area contributed by atoms with Gasteiger partial charge in [0, 0.05) is 5.56 Å². The van der Waals surface area contributed by atoms with Gasteiger partial charge in [-0.25, -0.2) is 4.39 Å². The summed E-state index contributed by atoms with van der Waals surface area (Å²) in [6.45, 7) is 0.298. The maximum Gasteiger partial charge on any atom is 0.258 e. The summed E-state index contributed by atoms with van der Waals surface area (Å²) in [6, 6.07) is 13.0. The minimum atomic E-state index is -0.341. The molecule has 1 amide bonds. The molecule has 0 saturated heterocycles. The number of hydrogen-bond donors (Lipinski definition) is 1. The van der Waals surface area contributed by atoms with E-state index < -0.39 is 0 Å². The van der Waals surface area contributed by atoms with E-state index in [2.05, 4.69) is 5.32 Å². The highest BCUT2D eigenvalue weighted by molar-refractivity contribution is 5.78. The van der Waals surface area contributed by atoms with Crippen LogP contribution in [0.4, 0.5) is 4.39 Å². The second-order valence-corrected chi connectivity index (χ2v) is 4.71. The molecule has 0 radical (unpaired) electrons. The van der Waals surface area contributed by atoms with Crippen molar-refractivity contribution in [1.29, 1.82) is 0 Å². The average molecular weight is 287 g/mol. The van der Waals surface area contributed by atoms with Gasteiger partial charge in [-0.05, 0) is 30.3 Å². The number of rotatable bonds is 4. The molecule has 0 saturated carbocycles. The highest BCUT2D eigenvalue weighted by Crippen LogP contribution is 2.31. The largest absolute Gasteiger partial charge is 0.491 e. The number of hydrogen-bond acceptors (Lipinski definition) is 3. The summed E-state index contributed by atoms with van der Waals surface area (Å²) < 4.78 is 23.5. The number of carbonyl (C=O) groups is 1. The molecule has 21 heavy (non-hydrogen) atoms. The van der Waals surface area contributed by atoms with Crippen molar-refractivity contribution in [3.8, 4) is 11.5 Å². The molecular formula is C16H14FNO3. The standard InChI is InChI=1S/C16H14FNO3/c17-11-5-7-12(8-6-11)20-10-16(19)18-14-9-21-15-4-2-1-3-13(14)15/h1-8,14H,9-10H2,(H,18,19). The number of halogens is 1. The first-order chi connectivity index (χ1) is 10.2. The van der Waals surface area contributed by atoms with Crippen LogP contribution in [0.2, 0.25) is 0 Å². The predicted molar refractivity (Wildman–Crippen MR) is 74.7 cm³/mol. The third-order valence-electron chi connectivity index (χ3n) is 3.22. The molecule has 1 N–H and O–H groups in total. The molecular weight excluding hydrogens is 273 g/mol. The maximum atomic E-state index is 12.7. The fourth-order valence-electron chi connectivity index (χ4n) is 2.20. The smallest absolute Gasteiger partial charge is 0.258 e. The molecule has 2 aromatic rings. The van der Waals surface area contributed by atoms with Crippen molar-refractivity contribution in [3.63, 3.8) is 0 Å². The van der Waals surface area contributed by atoms with Gasteiger partial charge >= 0.3 is 0 Å². The minimum Gasteiger partial charge on any atom is -0.491 e. The average Bonchev–Trinajstić information content (AvgIpc) is 2.90. The molecule has 4 nitrogen and oxygen atoms in total. The summed E-state index contributed by atoms with van der Waals surface area (Å²) in [6.07, 6.45) is 0. The summed E-state index contributed by atoms with van der Waals surface area (Å²) in [4.78, 5) is 11.9. The SMILES string of the molecule is O=C(COc1ccc(F)cc1)NC1COc2ccccc21. The quantitative estimate of drug-likeness (QED) is 0.939. The number of amides is 1. The Labute approximate surface area is 121 Å². The summed E-state index contributed by atoms with van der Waals surface area (Å²) in [7, 11) is 0. The topological polar surface area (TPSA) is 47.6 Å². The van der Waals surface area contributed by atoms with Crippen LogP contribution in [0, 0.1) is 5.82 Å². The van der Waals surface area contributed by atoms with Crippen LogP contribution >= 0.6 is 0 Å². The summed E-state index contributed by atoms with van der Waals surface area (Å²) >= 11 is 0. The molecule has 0 aliphatic carbocycles. The first-order valence-electron chi connectivity index (χ1n) is 6.62. The van der Waals surface area contributed by atoms with E-state index in [4.69, 9.17) is 9.47 Å². The lowest BCUT2D eigenvalue weighted by atomic mass is 10.1. The molecule has 0 fully saturated rings. The zero-order valence-corrected chi connectivity index (χ0v) is 11.2. The van der Waals surface area contributed by atoms with E-state index in [1.54, 1.807) is 0 Å². The summed E-state index contributed by atoms with van der Waals surface area (Å²) in [5, 5.41) is 2.85. The van der Waals surface area contributed by atoms with E-state index in [9.17, 15) is 9.18 Å². The van der Waals surface area contributed by atoms with Crippen LogP contribution in [0.1, 0.15) is 11.6 Å². The zero-order valence-electron chi connectivity index (χ0n) is 11.2. The first-order valence-corrected chi connectivity index (χ1v) is 6.62. The minimum absolute atomic E-state index is 0.121. The lowest BCUT2D eigenvalue weighted by molar-refractivity contribution is -0.123. The first kappa shape index (κ1) is 13.4. The highest BCUT2D eigenvalue weighted by Gasteiger charge is 2.24. The van der Waals surface area contributed by atoms with E-state index in [-0.39, 0.29) is 24.4 Å². The second kappa shape index (κ2) is 5.83. The predicted octanol–water partition coefficient (Wildman–Crippen LogP) is 2.45. The lowest BCUT2D eigenvalue weighted by Crippen LogP contribution is -2.33. The van der Waals surface area contributed by atoms with E-state index >= 15 is 0 Å². The molecule has 1 heterocycles. The Hall–Kier alpha value is -2.56. The van der Waals surface area contributed by atoms with Crippen LogP contribution in [-0.2, 0) is 4.79 Å². The molecule has 5 heteroatoms. The fourth-order valence-corrected chi connectivity index (χ4v) is 2.20. The normalized spacial score (nSPS) is 16.0. The Balaban J connectivity index is 1.54. The molecule has 0 aromatic heterocycles. The van der Waals surface area contributed by atoms with Gasteiger partial charge in [0.2, 0.25) is 0 Å². The number of nitrogens with one attached hydrogen (secondary N) is 1. The number of benzene rings is 2. The van der Waals surface area contributed by atoms with Gasteiger partial charge in [0.05, 0.1) is 6.04 Å². The van der Waals surface area contributed by atoms with Crippen molar-refractivity contribution < 1.29 is 18.7 Å². The summed E-state index contributed by atoms with van der Waals surface area (Å²) in [5.74, 6) is 0.660. The van der Waals surface area contributed by atoms with E-state index in [1.165, 1.54) is 24.3 Å². The molecule has 1 atom stereocenters. The molecule has 108 valence electrons. The van der Waals surface area contributed by atoms with Crippen LogP contribution in [0.15, 0.2) is 48.5 Å². The number of para-hydroxylation sites is 1. The van der Waals surface area contributed by atoms with Crippen molar-refractivity contribution in [1.82, 2.24) is 5.32 Å². The van der Waals surface area contributed by atoms with E-state index in [1.807, 2.05) is 24.3 Å². The Morgan fingerprint density at radius 1 is 1.24 bits per heavy atom. The van der Waals surface area contributed by atoms with Gasteiger partial charge in [0.1, 0.15) is 23.9 Å². The van der Waals surface area contributed by atoms with E-state index in [0.717, 1.165) is 11.3 Å². The van der Waals surface area contributed by atoms with Gasteiger partial charge in [-0.15, -0.1) is 0 Å². The fraction of sp³-hybridized carbons (Fsp3) is 0.188. The van der Waals surface area contributed by atoms with Crippen LogP contribution in [0.3, 0.4) is 0 Å². The molecule has 0 spiro atoms. The van der Waals surface area contributed by atoms with E-state index in [0.29, 0.717) is 12.4 Å². The summed E-state index contributed by atoms with van der Waals surface area (Å²) in [5.41, 5.74) is 0.965. The number of fused-ring (bicyclic) bond motifs is 1. The molecule has 3 rings (SSSR count). The van der Waals surface area contributed by atoms with Crippen LogP contribution in [0.5, 0.6) is 11.5 Å². The van der Waals surface area contributed by atoms with Crippen molar-refractivity contribution in [2.24, 2.45) is 0 Å². The van der Waals surface area contributed by atoms with Crippen molar-refractivity contribution in [3.05, 3.63) is 59.9 Å². The third kappa shape index (κ3) is 3.13. The van der Waals surface area contributed by atoms with Gasteiger partial charge in [0.15, 0.2) is 6.61 Å². The zero-order chi connectivity index (χ0) is 14.7. The molecule has 0 bridgehead atoms. The van der Waals surface area contributed by atoms with Gasteiger partial charge in [-0.3, -0.25) is 4.79 Å². The Bertz CT molecular complexity index is 642. The highest BCUT2D eigenvalue weighted by atomic mass is 19.1. The number of carbonyl (C=O) groups excluding carboxylic acids is 1. The molecule has 1 unspecified atom stereocenters. The van der Waals surface area contributed by atoms with Crippen LogP contribution < -0.4 is 14.8 Å². The van der Waals surface area contributed by atoms with Gasteiger partial charge in [-0.2, -0.15) is 0 Å². The Morgan fingerprint density at radius 3 is 2.81 bits per heavy atom. The Morgan fingerprint density at radius 2 is 2.00 bits per heavy atom. The van der Waals surface area contributed by atoms with Crippen molar-refractivity contribution >= 4 is 5.91 Å². The van der Waals surface area contributed by atoms with Crippen LogP contribution in [-0.4, -0.2) is 19.1 Å². The Kier molecular flexibility index (Phi) is 3.73. The lowest BCUT2D eigenvalue weighted by Gasteiger charge is -2.12. The van der Waals surface area contributed by atoms with Crippen molar-refractivity contribution in [2.75, 3.05) is 13.2 Å². The molecule has 1 aliphatic rings. The monoisotopic (exact) mass is 287 g/mol. The maximum absolute atomic E-state index is 12.7. The molecule has 2 aromatic carbocycles. The van der Waals surface area contributed by atoms with Gasteiger partial charge in [-0.1, -0.05) is 18.2 Å². The number of ether oxygens (including phenoxy) is 2. The van der Waals surface area contributed by atoms with Gasteiger partial charge in [0.25, 0.3) is 5.91 Å². The van der Waals surface area contributed by atoms with Gasteiger partial charge < -0.3 is 14.8 Å². The molecule has 1 aliphatic heterocycles. The second-order valence-electron chi connectivity index (χ2n) is 4.71. The van der Waals surface area contributed by atoms with Crippen LogP contribution in [0.25, 0.3) is 0 Å². The van der Waals surface area contributed by atoms with Crippen molar-refractivity contribution in [2.45, 2.75) is 6.04 Å². The third-order valence-corrected chi connectivity index (χ3v) is 3.22.